The van der Waals surface area contributed by atoms with E-state index in [1.165, 1.54) is 6.42 Å². The number of ether oxygens (including phenoxy) is 1. The molecule has 0 atom stereocenters. The van der Waals surface area contributed by atoms with Crippen molar-refractivity contribution in [3.8, 4) is 0 Å². The van der Waals surface area contributed by atoms with Gasteiger partial charge in [-0.25, -0.2) is 0 Å². The Hall–Kier alpha value is -0.0400. The lowest BCUT2D eigenvalue weighted by Crippen LogP contribution is -2.09. The lowest BCUT2D eigenvalue weighted by Gasteiger charge is -2.09. The maximum Gasteiger partial charge on any atom is 0.0522 e. The molecule has 0 unspecified atom stereocenters. The maximum absolute atomic E-state index is 5.25. The van der Waals surface area contributed by atoms with E-state index in [1.54, 1.807) is 0 Å². The van der Waals surface area contributed by atoms with Crippen LogP contribution in [0.15, 0.2) is 0 Å². The molecule has 0 amide bonds. The summed E-state index contributed by atoms with van der Waals surface area (Å²) in [5.41, 5.74) is 0. The third kappa shape index (κ3) is 22.5. The Labute approximate surface area is 78.5 Å². The van der Waals surface area contributed by atoms with Gasteiger partial charge in [0.2, 0.25) is 0 Å². The van der Waals surface area contributed by atoms with E-state index in [0.29, 0.717) is 12.2 Å². The van der Waals surface area contributed by atoms with Gasteiger partial charge in [0, 0.05) is 0 Å². The molecule has 0 aromatic carbocycles. The Morgan fingerprint density at radius 2 is 1.08 bits per heavy atom. The molecular formula is C11H26O. The van der Waals surface area contributed by atoms with Gasteiger partial charge in [0.05, 0.1) is 12.2 Å². The summed E-state index contributed by atoms with van der Waals surface area (Å²) in [4.78, 5) is 0. The normalized spacial score (nSPS) is 10.5. The summed E-state index contributed by atoms with van der Waals surface area (Å²) >= 11 is 0. The Morgan fingerprint density at radius 1 is 0.833 bits per heavy atom. The minimum Gasteiger partial charge on any atom is -0.376 e. The Morgan fingerprint density at radius 3 is 1.08 bits per heavy atom. The molecule has 1 nitrogen and oxygen atoms in total. The quantitative estimate of drug-likeness (QED) is 0.631. The van der Waals surface area contributed by atoms with Crippen LogP contribution >= 0.6 is 0 Å². The summed E-state index contributed by atoms with van der Waals surface area (Å²) < 4.78 is 5.25. The summed E-state index contributed by atoms with van der Waals surface area (Å²) in [6, 6.07) is 0. The highest BCUT2D eigenvalue weighted by Gasteiger charge is 1.94. The van der Waals surface area contributed by atoms with Crippen molar-refractivity contribution < 1.29 is 4.74 Å². The van der Waals surface area contributed by atoms with Gasteiger partial charge in [0.1, 0.15) is 0 Å². The van der Waals surface area contributed by atoms with Crippen molar-refractivity contribution in [1.29, 1.82) is 0 Å². The second kappa shape index (κ2) is 9.05. The Bertz CT molecular complexity index is 69.1. The number of hydrogen-bond donors (Lipinski definition) is 0. The predicted octanol–water partition coefficient (Wildman–Crippen LogP) is 3.87. The molecule has 0 radical (unpaired) electrons. The second-order valence-electron chi connectivity index (χ2n) is 4.04. The molecular weight excluding hydrogens is 148 g/mol. The van der Waals surface area contributed by atoms with E-state index in [4.69, 9.17) is 4.74 Å². The first-order valence-electron chi connectivity index (χ1n) is 5.05. The molecule has 0 aromatic rings. The van der Waals surface area contributed by atoms with Crippen LogP contribution in [-0.2, 0) is 4.74 Å². The fraction of sp³-hybridized carbons (Fsp3) is 1.00. The minimum atomic E-state index is 0.375. The van der Waals surface area contributed by atoms with Crippen LogP contribution in [0.1, 0.15) is 54.9 Å². The smallest absolute Gasteiger partial charge is 0.0522 e. The molecule has 0 aliphatic carbocycles. The van der Waals surface area contributed by atoms with Gasteiger partial charge in [0.15, 0.2) is 0 Å². The summed E-state index contributed by atoms with van der Waals surface area (Å²) in [7, 11) is 0. The highest BCUT2D eigenvalue weighted by molar-refractivity contribution is 4.40. The predicted molar refractivity (Wildman–Crippen MR) is 56.5 cm³/mol. The molecule has 12 heavy (non-hydrogen) atoms. The molecule has 0 spiro atoms. The molecule has 76 valence electrons. The van der Waals surface area contributed by atoms with Gasteiger partial charge in [-0.2, -0.15) is 0 Å². The van der Waals surface area contributed by atoms with Crippen LogP contribution in [0.5, 0.6) is 0 Å². The zero-order valence-electron chi connectivity index (χ0n) is 9.85. The van der Waals surface area contributed by atoms with Crippen molar-refractivity contribution in [2.75, 3.05) is 0 Å². The van der Waals surface area contributed by atoms with Crippen LogP contribution in [0, 0.1) is 5.92 Å². The summed E-state index contributed by atoms with van der Waals surface area (Å²) in [6.45, 7) is 14.8. The second-order valence-corrected chi connectivity index (χ2v) is 4.04. The van der Waals surface area contributed by atoms with Crippen LogP contribution in [0.4, 0.5) is 0 Å². The Kier molecular flexibility index (Phi) is 10.9. The fourth-order valence-electron chi connectivity index (χ4n) is 0.544. The number of rotatable bonds is 3. The third-order valence-corrected chi connectivity index (χ3v) is 1.36. The number of hydrogen-bond acceptors (Lipinski definition) is 1. The lowest BCUT2D eigenvalue weighted by atomic mass is 10.2. The highest BCUT2D eigenvalue weighted by Crippen LogP contribution is 1.94. The minimum absolute atomic E-state index is 0.375. The van der Waals surface area contributed by atoms with E-state index in [-0.39, 0.29) is 0 Å². The fourth-order valence-corrected chi connectivity index (χ4v) is 0.544. The highest BCUT2D eigenvalue weighted by atomic mass is 16.5. The van der Waals surface area contributed by atoms with Crippen molar-refractivity contribution >= 4 is 0 Å². The van der Waals surface area contributed by atoms with Crippen LogP contribution in [0.25, 0.3) is 0 Å². The van der Waals surface area contributed by atoms with Gasteiger partial charge in [0.25, 0.3) is 0 Å². The Balaban J connectivity index is 0. The molecule has 0 aliphatic rings. The van der Waals surface area contributed by atoms with Crippen LogP contribution < -0.4 is 0 Å². The maximum atomic E-state index is 5.25. The molecule has 0 fully saturated rings. The zero-order chi connectivity index (χ0) is 10.1. The van der Waals surface area contributed by atoms with Gasteiger partial charge in [-0.05, 0) is 33.6 Å². The molecule has 0 saturated carbocycles. The van der Waals surface area contributed by atoms with Crippen LogP contribution in [0.2, 0.25) is 0 Å². The van der Waals surface area contributed by atoms with E-state index in [2.05, 4.69) is 20.8 Å². The monoisotopic (exact) mass is 174 g/mol. The van der Waals surface area contributed by atoms with Crippen molar-refractivity contribution in [2.45, 2.75) is 67.1 Å². The van der Waals surface area contributed by atoms with E-state index < -0.39 is 0 Å². The first kappa shape index (κ1) is 14.5. The zero-order valence-corrected chi connectivity index (χ0v) is 9.85. The van der Waals surface area contributed by atoms with Gasteiger partial charge >= 0.3 is 0 Å². The molecule has 0 heterocycles. The van der Waals surface area contributed by atoms with Crippen LogP contribution in [-0.4, -0.2) is 12.2 Å². The summed E-state index contributed by atoms with van der Waals surface area (Å²) in [6.07, 6.45) is 2.06. The summed E-state index contributed by atoms with van der Waals surface area (Å²) in [5, 5.41) is 0. The molecule has 0 aliphatic heterocycles. The van der Waals surface area contributed by atoms with E-state index in [1.807, 2.05) is 27.7 Å². The molecule has 0 N–H and O–H groups in total. The van der Waals surface area contributed by atoms with E-state index in [0.717, 1.165) is 5.92 Å². The average Bonchev–Trinajstić information content (AvgIpc) is 1.85. The standard InChI is InChI=1S/C6H14O.C5H12/c1-5(2)7-6(3)4;1-4-5(2)3/h5-6H,1-4H3;5H,4H2,1-3H3. The molecule has 0 rings (SSSR count). The van der Waals surface area contributed by atoms with Crippen molar-refractivity contribution in [2.24, 2.45) is 5.92 Å². The SMILES string of the molecule is CC(C)OC(C)C.CCC(C)C. The van der Waals surface area contributed by atoms with Crippen molar-refractivity contribution in [3.05, 3.63) is 0 Å². The topological polar surface area (TPSA) is 9.23 Å². The first-order chi connectivity index (χ1) is 5.40. The average molecular weight is 174 g/mol. The first-order valence-corrected chi connectivity index (χ1v) is 5.05. The van der Waals surface area contributed by atoms with Crippen molar-refractivity contribution in [3.63, 3.8) is 0 Å². The van der Waals surface area contributed by atoms with Crippen molar-refractivity contribution in [1.82, 2.24) is 0 Å². The van der Waals surface area contributed by atoms with E-state index >= 15 is 0 Å². The van der Waals surface area contributed by atoms with Gasteiger partial charge in [-0.15, -0.1) is 0 Å². The third-order valence-electron chi connectivity index (χ3n) is 1.36. The summed E-state index contributed by atoms with van der Waals surface area (Å²) in [5.74, 6) is 0.884. The van der Waals surface area contributed by atoms with Crippen LogP contribution in [0.3, 0.4) is 0 Å². The lowest BCUT2D eigenvalue weighted by molar-refractivity contribution is 0.0300. The molecule has 1 heteroatoms. The van der Waals surface area contributed by atoms with E-state index in [9.17, 15) is 0 Å². The molecule has 0 aromatic heterocycles. The van der Waals surface area contributed by atoms with Gasteiger partial charge in [-0.1, -0.05) is 27.2 Å². The largest absolute Gasteiger partial charge is 0.376 e. The molecule has 0 bridgehead atoms. The molecule has 0 saturated heterocycles. The van der Waals surface area contributed by atoms with Gasteiger partial charge in [-0.3, -0.25) is 0 Å². The van der Waals surface area contributed by atoms with Gasteiger partial charge < -0.3 is 4.74 Å².